The molecule has 1 fully saturated rings. The molecule has 1 aliphatic heterocycles. The minimum absolute atomic E-state index is 0.106. The molecule has 1 saturated heterocycles. The summed E-state index contributed by atoms with van der Waals surface area (Å²) in [5, 5.41) is 5.79. The van der Waals surface area contributed by atoms with Crippen LogP contribution in [0, 0.1) is 0 Å². The predicted octanol–water partition coefficient (Wildman–Crippen LogP) is 4.03. The Morgan fingerprint density at radius 2 is 2.11 bits per heavy atom. The van der Waals surface area contributed by atoms with Gasteiger partial charge in [0, 0.05) is 12.0 Å². The number of ether oxygens (including phenoxy) is 1. The van der Waals surface area contributed by atoms with Gasteiger partial charge in [-0.15, -0.1) is 0 Å². The van der Waals surface area contributed by atoms with Crippen LogP contribution >= 0.6 is 0 Å². The molecule has 0 bridgehead atoms. The average Bonchev–Trinajstić information content (AvgIpc) is 2.82. The normalized spacial score (nSPS) is 20.9. The van der Waals surface area contributed by atoms with Gasteiger partial charge in [-0.2, -0.15) is 5.10 Å². The molecule has 1 aromatic carbocycles. The van der Waals surface area contributed by atoms with E-state index in [1.165, 1.54) is 29.3 Å². The van der Waals surface area contributed by atoms with Gasteiger partial charge in [-0.25, -0.2) is 4.68 Å². The summed E-state index contributed by atoms with van der Waals surface area (Å²) < 4.78 is 7.99. The molecule has 3 rings (SSSR count). The summed E-state index contributed by atoms with van der Waals surface area (Å²) in [5.41, 5.74) is 2.70. The third kappa shape index (κ3) is 2.27. The van der Waals surface area contributed by atoms with Crippen molar-refractivity contribution in [2.75, 3.05) is 6.61 Å². The molecule has 1 unspecified atom stereocenters. The maximum absolute atomic E-state index is 5.90. The van der Waals surface area contributed by atoms with Crippen LogP contribution in [0.15, 0.2) is 24.4 Å². The first-order valence-electron chi connectivity index (χ1n) is 7.16. The lowest BCUT2D eigenvalue weighted by atomic mass is 9.85. The molecule has 1 aromatic heterocycles. The maximum Gasteiger partial charge on any atom is 0.150 e. The van der Waals surface area contributed by atoms with Crippen LogP contribution in [0.4, 0.5) is 0 Å². The van der Waals surface area contributed by atoms with Gasteiger partial charge in [0.2, 0.25) is 0 Å². The molecule has 0 spiro atoms. The smallest absolute Gasteiger partial charge is 0.150 e. The van der Waals surface area contributed by atoms with Gasteiger partial charge < -0.3 is 4.74 Å². The lowest BCUT2D eigenvalue weighted by Gasteiger charge is -2.26. The Balaban J connectivity index is 2.15. The van der Waals surface area contributed by atoms with E-state index in [-0.39, 0.29) is 11.6 Å². The summed E-state index contributed by atoms with van der Waals surface area (Å²) in [6.07, 6.45) is 5.53. The molecular weight excluding hydrogens is 236 g/mol. The highest BCUT2D eigenvalue weighted by molar-refractivity contribution is 5.83. The molecule has 0 N–H and O–H groups in total. The summed E-state index contributed by atoms with van der Waals surface area (Å²) in [6.45, 7) is 7.60. The fraction of sp³-hybridized carbons (Fsp3) is 0.562. The summed E-state index contributed by atoms with van der Waals surface area (Å²) in [6, 6.07) is 6.47. The Labute approximate surface area is 114 Å². The molecule has 19 heavy (non-hydrogen) atoms. The van der Waals surface area contributed by atoms with Crippen LogP contribution in [0.2, 0.25) is 0 Å². The summed E-state index contributed by atoms with van der Waals surface area (Å²) in [7, 11) is 0. The van der Waals surface area contributed by atoms with E-state index in [1.807, 2.05) is 6.20 Å². The molecule has 2 aromatic rings. The molecule has 102 valence electrons. The third-order valence-electron chi connectivity index (χ3n) is 3.85. The van der Waals surface area contributed by atoms with Crippen molar-refractivity contribution in [3.05, 3.63) is 30.0 Å². The van der Waals surface area contributed by atoms with E-state index in [4.69, 9.17) is 4.74 Å². The Morgan fingerprint density at radius 1 is 1.26 bits per heavy atom. The van der Waals surface area contributed by atoms with E-state index in [0.29, 0.717) is 0 Å². The third-order valence-corrected chi connectivity index (χ3v) is 3.85. The summed E-state index contributed by atoms with van der Waals surface area (Å²) >= 11 is 0. The number of aromatic nitrogens is 2. The van der Waals surface area contributed by atoms with Gasteiger partial charge in [0.1, 0.15) is 0 Å². The molecule has 1 aliphatic rings. The second-order valence-corrected chi connectivity index (χ2v) is 6.40. The van der Waals surface area contributed by atoms with Crippen molar-refractivity contribution < 1.29 is 4.74 Å². The van der Waals surface area contributed by atoms with E-state index in [1.54, 1.807) is 0 Å². The molecule has 0 aliphatic carbocycles. The molecular formula is C16H22N2O. The SMILES string of the molecule is CC(C)(C)c1cccc2cnn(C3CCCCO3)c12. The lowest BCUT2D eigenvalue weighted by Crippen LogP contribution is -2.21. The molecule has 1 atom stereocenters. The molecule has 0 saturated carbocycles. The highest BCUT2D eigenvalue weighted by Gasteiger charge is 2.24. The van der Waals surface area contributed by atoms with Crippen LogP contribution in [0.1, 0.15) is 51.8 Å². The molecule has 2 heterocycles. The first-order valence-corrected chi connectivity index (χ1v) is 7.16. The Morgan fingerprint density at radius 3 is 2.79 bits per heavy atom. The number of para-hydroxylation sites is 1. The monoisotopic (exact) mass is 258 g/mol. The van der Waals surface area contributed by atoms with Crippen LogP contribution in [-0.4, -0.2) is 16.4 Å². The van der Waals surface area contributed by atoms with E-state index in [0.717, 1.165) is 13.0 Å². The first kappa shape index (κ1) is 12.7. The van der Waals surface area contributed by atoms with Gasteiger partial charge in [-0.1, -0.05) is 39.0 Å². The summed E-state index contributed by atoms with van der Waals surface area (Å²) in [4.78, 5) is 0. The zero-order valence-corrected chi connectivity index (χ0v) is 12.0. The van der Waals surface area contributed by atoms with Crippen LogP contribution in [-0.2, 0) is 10.2 Å². The number of hydrogen-bond donors (Lipinski definition) is 0. The van der Waals surface area contributed by atoms with Crippen molar-refractivity contribution in [3.8, 4) is 0 Å². The summed E-state index contributed by atoms with van der Waals surface area (Å²) in [5.74, 6) is 0. The zero-order valence-electron chi connectivity index (χ0n) is 12.0. The quantitative estimate of drug-likeness (QED) is 0.772. The van der Waals surface area contributed by atoms with Crippen molar-refractivity contribution in [3.63, 3.8) is 0 Å². The van der Waals surface area contributed by atoms with Crippen molar-refractivity contribution in [2.24, 2.45) is 0 Å². The van der Waals surface area contributed by atoms with Gasteiger partial charge >= 0.3 is 0 Å². The number of nitrogens with zero attached hydrogens (tertiary/aromatic N) is 2. The van der Waals surface area contributed by atoms with Crippen molar-refractivity contribution >= 4 is 10.9 Å². The fourth-order valence-electron chi connectivity index (χ4n) is 2.84. The number of rotatable bonds is 1. The fourth-order valence-corrected chi connectivity index (χ4v) is 2.84. The molecule has 3 heteroatoms. The Hall–Kier alpha value is -1.35. The second-order valence-electron chi connectivity index (χ2n) is 6.40. The van der Waals surface area contributed by atoms with Crippen LogP contribution in [0.5, 0.6) is 0 Å². The van der Waals surface area contributed by atoms with Gasteiger partial charge in [0.15, 0.2) is 6.23 Å². The van der Waals surface area contributed by atoms with Crippen molar-refractivity contribution in [2.45, 2.75) is 51.7 Å². The second kappa shape index (κ2) is 4.64. The van der Waals surface area contributed by atoms with E-state index >= 15 is 0 Å². The standard InChI is InChI=1S/C16H22N2O/c1-16(2,3)13-8-6-7-12-11-17-18(15(12)13)14-9-4-5-10-19-14/h6-8,11,14H,4-5,9-10H2,1-3H3. The van der Waals surface area contributed by atoms with Crippen LogP contribution in [0.3, 0.4) is 0 Å². The molecule has 3 nitrogen and oxygen atoms in total. The van der Waals surface area contributed by atoms with Crippen molar-refractivity contribution in [1.82, 2.24) is 9.78 Å². The van der Waals surface area contributed by atoms with Gasteiger partial charge in [-0.05, 0) is 30.2 Å². The topological polar surface area (TPSA) is 27.1 Å². The molecule has 0 amide bonds. The zero-order chi connectivity index (χ0) is 13.5. The van der Waals surface area contributed by atoms with Gasteiger partial charge in [-0.3, -0.25) is 0 Å². The number of fused-ring (bicyclic) bond motifs is 1. The number of hydrogen-bond acceptors (Lipinski definition) is 2. The highest BCUT2D eigenvalue weighted by atomic mass is 16.5. The lowest BCUT2D eigenvalue weighted by molar-refractivity contribution is -0.0367. The van der Waals surface area contributed by atoms with E-state index in [9.17, 15) is 0 Å². The Kier molecular flexibility index (Phi) is 3.09. The number of benzene rings is 1. The average molecular weight is 258 g/mol. The van der Waals surface area contributed by atoms with E-state index in [2.05, 4.69) is 48.8 Å². The van der Waals surface area contributed by atoms with E-state index < -0.39 is 0 Å². The van der Waals surface area contributed by atoms with Gasteiger partial charge in [0.05, 0.1) is 11.7 Å². The largest absolute Gasteiger partial charge is 0.356 e. The van der Waals surface area contributed by atoms with Crippen molar-refractivity contribution in [1.29, 1.82) is 0 Å². The Bertz CT molecular complexity index is 574. The van der Waals surface area contributed by atoms with Crippen LogP contribution in [0.25, 0.3) is 10.9 Å². The van der Waals surface area contributed by atoms with Crippen LogP contribution < -0.4 is 0 Å². The first-order chi connectivity index (χ1) is 9.07. The predicted molar refractivity (Wildman–Crippen MR) is 77.3 cm³/mol. The molecule has 0 radical (unpaired) electrons. The minimum Gasteiger partial charge on any atom is -0.356 e. The minimum atomic E-state index is 0.106. The highest BCUT2D eigenvalue weighted by Crippen LogP contribution is 2.33. The maximum atomic E-state index is 5.90. The van der Waals surface area contributed by atoms with Gasteiger partial charge in [0.25, 0.3) is 0 Å².